The number of hydrogen-bond acceptors (Lipinski definition) is 4. The molecule has 2 aromatic rings. The van der Waals surface area contributed by atoms with E-state index in [1.54, 1.807) is 30.3 Å². The largest absolute Gasteiger partial charge is 0.326 e. The van der Waals surface area contributed by atoms with E-state index < -0.39 is 10.0 Å². The third-order valence-corrected chi connectivity index (χ3v) is 6.54. The lowest BCUT2D eigenvalue weighted by Gasteiger charge is -2.12. The zero-order valence-electron chi connectivity index (χ0n) is 12.9. The SMILES string of the molecule is Cc1ccc(S(=O)(=O)Nc2cc(NC(=O)C3CC3)ccc2C)s1. The van der Waals surface area contributed by atoms with Gasteiger partial charge < -0.3 is 5.32 Å². The Balaban J connectivity index is 1.82. The number of nitrogens with one attached hydrogen (secondary N) is 2. The summed E-state index contributed by atoms with van der Waals surface area (Å²) in [5.74, 6) is 0.0991. The molecular weight excluding hydrogens is 332 g/mol. The van der Waals surface area contributed by atoms with E-state index in [0.29, 0.717) is 11.4 Å². The summed E-state index contributed by atoms with van der Waals surface area (Å²) >= 11 is 1.23. The van der Waals surface area contributed by atoms with Gasteiger partial charge in [0.2, 0.25) is 5.91 Å². The Hall–Kier alpha value is -1.86. The predicted octanol–water partition coefficient (Wildman–Crippen LogP) is 3.51. The van der Waals surface area contributed by atoms with Crippen LogP contribution in [0.5, 0.6) is 0 Å². The van der Waals surface area contributed by atoms with Crippen LogP contribution in [-0.4, -0.2) is 14.3 Å². The van der Waals surface area contributed by atoms with Gasteiger partial charge in [0.1, 0.15) is 4.21 Å². The highest BCUT2D eigenvalue weighted by Gasteiger charge is 2.29. The van der Waals surface area contributed by atoms with Gasteiger partial charge in [0, 0.05) is 16.5 Å². The number of carbonyl (C=O) groups excluding carboxylic acids is 1. The van der Waals surface area contributed by atoms with E-state index in [-0.39, 0.29) is 16.0 Å². The van der Waals surface area contributed by atoms with Crippen molar-refractivity contribution < 1.29 is 13.2 Å². The molecule has 1 aliphatic rings. The van der Waals surface area contributed by atoms with E-state index in [0.717, 1.165) is 23.3 Å². The number of benzene rings is 1. The minimum absolute atomic E-state index is 0.00320. The summed E-state index contributed by atoms with van der Waals surface area (Å²) in [7, 11) is -3.61. The lowest BCUT2D eigenvalue weighted by Crippen LogP contribution is -2.15. The quantitative estimate of drug-likeness (QED) is 0.866. The Bertz CT molecular complexity index is 852. The number of carbonyl (C=O) groups is 1. The Morgan fingerprint density at radius 2 is 1.91 bits per heavy atom. The van der Waals surface area contributed by atoms with Crippen LogP contribution in [0.15, 0.2) is 34.5 Å². The van der Waals surface area contributed by atoms with E-state index in [1.165, 1.54) is 11.3 Å². The summed E-state index contributed by atoms with van der Waals surface area (Å²) in [6.45, 7) is 3.69. The average molecular weight is 350 g/mol. The zero-order chi connectivity index (χ0) is 16.6. The molecule has 1 fully saturated rings. The van der Waals surface area contributed by atoms with Crippen molar-refractivity contribution >= 4 is 38.6 Å². The Labute approximate surface area is 139 Å². The molecule has 2 N–H and O–H groups in total. The van der Waals surface area contributed by atoms with Crippen molar-refractivity contribution in [3.8, 4) is 0 Å². The first-order chi connectivity index (χ1) is 10.8. The molecule has 1 heterocycles. The molecule has 3 rings (SSSR count). The van der Waals surface area contributed by atoms with Gasteiger partial charge in [-0.1, -0.05) is 6.07 Å². The van der Waals surface area contributed by atoms with Crippen molar-refractivity contribution in [2.24, 2.45) is 5.92 Å². The molecule has 23 heavy (non-hydrogen) atoms. The van der Waals surface area contributed by atoms with Gasteiger partial charge in [-0.15, -0.1) is 11.3 Å². The van der Waals surface area contributed by atoms with Gasteiger partial charge in [0.05, 0.1) is 5.69 Å². The smallest absolute Gasteiger partial charge is 0.271 e. The highest BCUT2D eigenvalue weighted by molar-refractivity contribution is 7.94. The number of anilines is 2. The summed E-state index contributed by atoms with van der Waals surface area (Å²) in [6, 6.07) is 8.60. The molecule has 1 aliphatic carbocycles. The second kappa shape index (κ2) is 5.98. The van der Waals surface area contributed by atoms with Crippen LogP contribution in [0.3, 0.4) is 0 Å². The minimum atomic E-state index is -3.61. The van der Waals surface area contributed by atoms with Crippen LogP contribution >= 0.6 is 11.3 Å². The monoisotopic (exact) mass is 350 g/mol. The van der Waals surface area contributed by atoms with Gasteiger partial charge in [0.25, 0.3) is 10.0 Å². The molecule has 0 atom stereocenters. The molecule has 1 saturated carbocycles. The van der Waals surface area contributed by atoms with Gasteiger partial charge in [-0.05, 0) is 56.5 Å². The molecule has 0 radical (unpaired) electrons. The lowest BCUT2D eigenvalue weighted by molar-refractivity contribution is -0.117. The standard InChI is InChI=1S/C16H18N2O3S2/c1-10-3-7-13(17-16(19)12-5-6-12)9-14(10)18-23(20,21)15-8-4-11(2)22-15/h3-4,7-9,12,18H,5-6H2,1-2H3,(H,17,19). The highest BCUT2D eigenvalue weighted by Crippen LogP contribution is 2.31. The lowest BCUT2D eigenvalue weighted by atomic mass is 10.2. The number of hydrogen-bond donors (Lipinski definition) is 2. The molecule has 0 aliphatic heterocycles. The second-order valence-corrected chi connectivity index (χ2v) is 8.96. The molecule has 0 saturated heterocycles. The minimum Gasteiger partial charge on any atom is -0.326 e. The molecule has 1 aromatic carbocycles. The maximum atomic E-state index is 12.4. The van der Waals surface area contributed by atoms with E-state index >= 15 is 0 Å². The van der Waals surface area contributed by atoms with Gasteiger partial charge in [-0.3, -0.25) is 9.52 Å². The summed E-state index contributed by atoms with van der Waals surface area (Å²) in [4.78, 5) is 12.8. The summed E-state index contributed by atoms with van der Waals surface area (Å²) in [6.07, 6.45) is 1.85. The first-order valence-electron chi connectivity index (χ1n) is 7.36. The van der Waals surface area contributed by atoms with Crippen LogP contribution in [0.2, 0.25) is 0 Å². The average Bonchev–Trinajstić information content (AvgIpc) is 3.24. The Kier molecular flexibility index (Phi) is 4.16. The molecule has 0 bridgehead atoms. The van der Waals surface area contributed by atoms with Crippen LogP contribution in [0.25, 0.3) is 0 Å². The van der Waals surface area contributed by atoms with Crippen LogP contribution in [0.4, 0.5) is 11.4 Å². The van der Waals surface area contributed by atoms with Crippen LogP contribution < -0.4 is 10.0 Å². The first-order valence-corrected chi connectivity index (χ1v) is 9.66. The molecule has 1 amide bonds. The fourth-order valence-corrected chi connectivity index (χ4v) is 4.56. The summed E-state index contributed by atoms with van der Waals surface area (Å²) in [5.41, 5.74) is 1.88. The van der Waals surface area contributed by atoms with Crippen molar-refractivity contribution in [1.82, 2.24) is 0 Å². The molecule has 122 valence electrons. The Morgan fingerprint density at radius 1 is 1.17 bits per heavy atom. The third-order valence-electron chi connectivity index (χ3n) is 3.68. The molecule has 7 heteroatoms. The number of sulfonamides is 1. The maximum absolute atomic E-state index is 12.4. The molecule has 0 unspecified atom stereocenters. The maximum Gasteiger partial charge on any atom is 0.271 e. The van der Waals surface area contributed by atoms with Gasteiger partial charge in [0.15, 0.2) is 0 Å². The molecule has 5 nitrogen and oxygen atoms in total. The van der Waals surface area contributed by atoms with Crippen LogP contribution in [0, 0.1) is 19.8 Å². The van der Waals surface area contributed by atoms with E-state index in [4.69, 9.17) is 0 Å². The van der Waals surface area contributed by atoms with Crippen LogP contribution in [-0.2, 0) is 14.8 Å². The van der Waals surface area contributed by atoms with Crippen molar-refractivity contribution in [3.63, 3.8) is 0 Å². The fraction of sp³-hybridized carbons (Fsp3) is 0.312. The van der Waals surface area contributed by atoms with Gasteiger partial charge in [-0.2, -0.15) is 0 Å². The van der Waals surface area contributed by atoms with E-state index in [2.05, 4.69) is 10.0 Å². The number of aryl methyl sites for hydroxylation is 2. The van der Waals surface area contributed by atoms with Crippen molar-refractivity contribution in [1.29, 1.82) is 0 Å². The predicted molar refractivity (Wildman–Crippen MR) is 92.4 cm³/mol. The number of rotatable bonds is 5. The van der Waals surface area contributed by atoms with Crippen molar-refractivity contribution in [3.05, 3.63) is 40.8 Å². The normalized spacial score (nSPS) is 14.5. The van der Waals surface area contributed by atoms with E-state index in [1.807, 2.05) is 13.8 Å². The van der Waals surface area contributed by atoms with Crippen molar-refractivity contribution in [2.45, 2.75) is 30.9 Å². The van der Waals surface area contributed by atoms with Gasteiger partial charge in [-0.25, -0.2) is 8.42 Å². The molecular formula is C16H18N2O3S2. The van der Waals surface area contributed by atoms with Gasteiger partial charge >= 0.3 is 0 Å². The zero-order valence-corrected chi connectivity index (χ0v) is 14.6. The highest BCUT2D eigenvalue weighted by atomic mass is 32.2. The number of amides is 1. The second-order valence-electron chi connectivity index (χ2n) is 5.76. The molecule has 1 aromatic heterocycles. The number of thiophene rings is 1. The summed E-state index contributed by atoms with van der Waals surface area (Å²) < 4.78 is 27.7. The Morgan fingerprint density at radius 3 is 2.52 bits per heavy atom. The van der Waals surface area contributed by atoms with Crippen molar-refractivity contribution in [2.75, 3.05) is 10.0 Å². The van der Waals surface area contributed by atoms with Crippen LogP contribution in [0.1, 0.15) is 23.3 Å². The first kappa shape index (κ1) is 16.0. The summed E-state index contributed by atoms with van der Waals surface area (Å²) in [5, 5.41) is 2.83. The topological polar surface area (TPSA) is 75.3 Å². The third kappa shape index (κ3) is 3.73. The molecule has 0 spiro atoms. The fourth-order valence-electron chi connectivity index (χ4n) is 2.15. The van der Waals surface area contributed by atoms with E-state index in [9.17, 15) is 13.2 Å².